The van der Waals surface area contributed by atoms with Crippen molar-refractivity contribution in [1.29, 1.82) is 0 Å². The average molecular weight is 363 g/mol. The van der Waals surface area contributed by atoms with E-state index in [9.17, 15) is 8.42 Å². The van der Waals surface area contributed by atoms with Crippen LogP contribution in [0.25, 0.3) is 0 Å². The molecule has 0 bridgehead atoms. The van der Waals surface area contributed by atoms with E-state index in [1.54, 1.807) is 24.7 Å². The first-order chi connectivity index (χ1) is 6.83. The van der Waals surface area contributed by atoms with Gasteiger partial charge in [0.25, 0.3) is 0 Å². The van der Waals surface area contributed by atoms with E-state index in [2.05, 4.69) is 5.10 Å². The Morgan fingerprint density at radius 3 is 2.60 bits per heavy atom. The number of hydrogen-bond donors (Lipinski definition) is 0. The summed E-state index contributed by atoms with van der Waals surface area (Å²) in [7, 11) is -3.01. The van der Waals surface area contributed by atoms with Crippen LogP contribution in [0.1, 0.15) is 13.8 Å². The molecule has 1 aromatic rings. The van der Waals surface area contributed by atoms with E-state index in [1.165, 1.54) is 0 Å². The average Bonchev–Trinajstić information content (AvgIpc) is 2.43. The van der Waals surface area contributed by atoms with Gasteiger partial charge in [-0.1, -0.05) is 11.6 Å². The fourth-order valence-electron chi connectivity index (χ4n) is 0.945. The quantitative estimate of drug-likeness (QED) is 0.770. The maximum absolute atomic E-state index is 11.5. The highest BCUT2D eigenvalue weighted by Gasteiger charge is 2.16. The topological polar surface area (TPSA) is 52.0 Å². The van der Waals surface area contributed by atoms with Gasteiger partial charge in [0.1, 0.15) is 3.70 Å². The predicted molar refractivity (Wildman–Crippen MR) is 68.9 cm³/mol. The van der Waals surface area contributed by atoms with E-state index in [-0.39, 0.29) is 11.0 Å². The lowest BCUT2D eigenvalue weighted by Crippen LogP contribution is -2.21. The van der Waals surface area contributed by atoms with E-state index in [1.807, 2.05) is 22.6 Å². The van der Waals surface area contributed by atoms with Gasteiger partial charge in [-0.15, -0.1) is 0 Å². The van der Waals surface area contributed by atoms with Gasteiger partial charge >= 0.3 is 0 Å². The van der Waals surface area contributed by atoms with Gasteiger partial charge in [0, 0.05) is 6.20 Å². The minimum Gasteiger partial charge on any atom is -0.269 e. The molecular formula is C8H12ClIN2O2S. The Morgan fingerprint density at radius 2 is 2.20 bits per heavy atom. The molecule has 1 rings (SSSR count). The molecule has 0 fully saturated rings. The highest BCUT2D eigenvalue weighted by Crippen LogP contribution is 2.15. The van der Waals surface area contributed by atoms with E-state index in [0.717, 1.165) is 0 Å². The lowest BCUT2D eigenvalue weighted by molar-refractivity contribution is 0.572. The van der Waals surface area contributed by atoms with Gasteiger partial charge in [-0.2, -0.15) is 5.10 Å². The lowest BCUT2D eigenvalue weighted by atomic mass is 10.6. The van der Waals surface area contributed by atoms with Crippen LogP contribution in [0.5, 0.6) is 0 Å². The van der Waals surface area contributed by atoms with Crippen LogP contribution in [0.15, 0.2) is 6.20 Å². The molecule has 1 aromatic heterocycles. The Hall–Kier alpha value is 0.180. The molecule has 0 spiro atoms. The summed E-state index contributed by atoms with van der Waals surface area (Å²) in [6.07, 6.45) is 1.64. The lowest BCUT2D eigenvalue weighted by Gasteiger charge is -2.06. The summed E-state index contributed by atoms with van der Waals surface area (Å²) in [5, 5.41) is 4.29. The van der Waals surface area contributed by atoms with Crippen LogP contribution in [0.2, 0.25) is 5.02 Å². The van der Waals surface area contributed by atoms with Crippen LogP contribution >= 0.6 is 34.2 Å². The number of sulfone groups is 1. The Morgan fingerprint density at radius 1 is 1.60 bits per heavy atom. The summed E-state index contributed by atoms with van der Waals surface area (Å²) in [6, 6.07) is 0. The van der Waals surface area contributed by atoms with Crippen LogP contribution in [0, 0.1) is 3.70 Å². The van der Waals surface area contributed by atoms with E-state index in [0.29, 0.717) is 15.3 Å². The van der Waals surface area contributed by atoms with Crippen molar-refractivity contribution in [2.45, 2.75) is 25.6 Å². The van der Waals surface area contributed by atoms with Gasteiger partial charge < -0.3 is 0 Å². The molecule has 0 aromatic carbocycles. The molecule has 0 amide bonds. The van der Waals surface area contributed by atoms with Crippen LogP contribution in [-0.4, -0.2) is 29.2 Å². The van der Waals surface area contributed by atoms with Crippen molar-refractivity contribution < 1.29 is 8.42 Å². The maximum atomic E-state index is 11.5. The fourth-order valence-corrected chi connectivity index (χ4v) is 2.42. The highest BCUT2D eigenvalue weighted by atomic mass is 127. The zero-order valence-electron chi connectivity index (χ0n) is 8.44. The first-order valence-electron chi connectivity index (χ1n) is 4.43. The molecule has 0 aliphatic rings. The van der Waals surface area contributed by atoms with E-state index in [4.69, 9.17) is 11.6 Å². The summed E-state index contributed by atoms with van der Waals surface area (Å²) in [4.78, 5) is 0. The summed E-state index contributed by atoms with van der Waals surface area (Å²) in [5.41, 5.74) is 0. The predicted octanol–water partition coefficient (Wildman–Crippen LogP) is 1.96. The molecule has 4 nitrogen and oxygen atoms in total. The number of rotatable bonds is 4. The molecular weight excluding hydrogens is 351 g/mol. The Kier molecular flexibility index (Phi) is 4.42. The molecule has 0 N–H and O–H groups in total. The number of aryl methyl sites for hydroxylation is 1. The molecule has 0 aliphatic heterocycles. The Balaban J connectivity index is 2.66. The third kappa shape index (κ3) is 3.60. The molecule has 0 atom stereocenters. The van der Waals surface area contributed by atoms with Crippen molar-refractivity contribution in [3.05, 3.63) is 14.9 Å². The Bertz CT molecular complexity index is 422. The molecule has 0 saturated carbocycles. The van der Waals surface area contributed by atoms with Gasteiger partial charge in [-0.05, 0) is 36.4 Å². The zero-order chi connectivity index (χ0) is 11.6. The second-order valence-corrected chi connectivity index (χ2v) is 7.55. The Labute approximate surface area is 108 Å². The standard InChI is InChI=1S/C8H12ClIN2O2S/c1-6(2)15(13,14)4-3-12-5-7(9)8(10)11-12/h5-6H,3-4H2,1-2H3. The van der Waals surface area contributed by atoms with Crippen molar-refractivity contribution in [2.24, 2.45) is 0 Å². The summed E-state index contributed by atoms with van der Waals surface area (Å²) < 4.78 is 25.3. The number of hydrogen-bond acceptors (Lipinski definition) is 3. The van der Waals surface area contributed by atoms with E-state index < -0.39 is 9.84 Å². The smallest absolute Gasteiger partial charge is 0.154 e. The first-order valence-corrected chi connectivity index (χ1v) is 7.60. The van der Waals surface area contributed by atoms with Gasteiger partial charge in [0.15, 0.2) is 9.84 Å². The van der Waals surface area contributed by atoms with Crippen LogP contribution in [0.3, 0.4) is 0 Å². The molecule has 7 heteroatoms. The number of nitrogens with zero attached hydrogens (tertiary/aromatic N) is 2. The normalized spacial score (nSPS) is 12.3. The molecule has 0 aliphatic carbocycles. The van der Waals surface area contributed by atoms with Gasteiger partial charge in [0.2, 0.25) is 0 Å². The SMILES string of the molecule is CC(C)S(=O)(=O)CCn1cc(Cl)c(I)n1. The van der Waals surface area contributed by atoms with Crippen molar-refractivity contribution in [3.63, 3.8) is 0 Å². The largest absolute Gasteiger partial charge is 0.269 e. The van der Waals surface area contributed by atoms with Crippen molar-refractivity contribution in [2.75, 3.05) is 5.75 Å². The minimum absolute atomic E-state index is 0.0960. The fraction of sp³-hybridized carbons (Fsp3) is 0.625. The number of aromatic nitrogens is 2. The second kappa shape index (κ2) is 5.01. The van der Waals surface area contributed by atoms with Crippen molar-refractivity contribution in [1.82, 2.24) is 9.78 Å². The highest BCUT2D eigenvalue weighted by molar-refractivity contribution is 14.1. The van der Waals surface area contributed by atoms with Gasteiger partial charge in [-0.3, -0.25) is 4.68 Å². The van der Waals surface area contributed by atoms with Crippen LogP contribution in [0.4, 0.5) is 0 Å². The van der Waals surface area contributed by atoms with Gasteiger partial charge in [-0.25, -0.2) is 8.42 Å². The monoisotopic (exact) mass is 362 g/mol. The summed E-state index contributed by atoms with van der Waals surface area (Å²) in [5.74, 6) is 0.0960. The maximum Gasteiger partial charge on any atom is 0.154 e. The third-order valence-electron chi connectivity index (χ3n) is 2.00. The van der Waals surface area contributed by atoms with Crippen molar-refractivity contribution in [3.8, 4) is 0 Å². The van der Waals surface area contributed by atoms with Crippen LogP contribution < -0.4 is 0 Å². The first kappa shape index (κ1) is 13.2. The van der Waals surface area contributed by atoms with Gasteiger partial charge in [0.05, 0.1) is 22.6 Å². The van der Waals surface area contributed by atoms with Crippen LogP contribution in [-0.2, 0) is 16.4 Å². The summed E-state index contributed by atoms with van der Waals surface area (Å²) >= 11 is 7.81. The molecule has 0 unspecified atom stereocenters. The molecule has 1 heterocycles. The second-order valence-electron chi connectivity index (χ2n) is 3.45. The van der Waals surface area contributed by atoms with E-state index >= 15 is 0 Å². The zero-order valence-corrected chi connectivity index (χ0v) is 12.2. The molecule has 15 heavy (non-hydrogen) atoms. The third-order valence-corrected chi connectivity index (χ3v) is 5.58. The van der Waals surface area contributed by atoms with Crippen molar-refractivity contribution >= 4 is 44.0 Å². The minimum atomic E-state index is -3.01. The molecule has 86 valence electrons. The number of halogens is 2. The molecule has 0 radical (unpaired) electrons. The molecule has 0 saturated heterocycles. The summed E-state index contributed by atoms with van der Waals surface area (Å²) in [6.45, 7) is 3.70.